The van der Waals surface area contributed by atoms with Gasteiger partial charge in [0, 0.05) is 6.20 Å². The van der Waals surface area contributed by atoms with Gasteiger partial charge in [0.1, 0.15) is 5.35 Å². The molecule has 0 amide bonds. The number of rotatable bonds is 0. The summed E-state index contributed by atoms with van der Waals surface area (Å²) in [6, 6.07) is 1.86. The molecular formula is C10H13N3. The first-order chi connectivity index (χ1) is 6.47. The molecule has 2 heterocycles. The van der Waals surface area contributed by atoms with Crippen molar-refractivity contribution in [3.63, 3.8) is 0 Å². The van der Waals surface area contributed by atoms with Crippen LogP contribution < -0.4 is 10.7 Å². The molecule has 0 unspecified atom stereocenters. The number of hydrogen-bond acceptors (Lipinski definition) is 3. The maximum Gasteiger partial charge on any atom is 0.108 e. The average Bonchev–Trinajstić information content (AvgIpc) is 2.45. The highest BCUT2D eigenvalue weighted by atomic mass is 15.1. The predicted molar refractivity (Wildman–Crippen MR) is 52.4 cm³/mol. The summed E-state index contributed by atoms with van der Waals surface area (Å²) in [6.07, 6.45) is 8.32. The molecule has 1 aliphatic heterocycles. The summed E-state index contributed by atoms with van der Waals surface area (Å²) in [5.74, 6) is 0. The second-order valence-corrected chi connectivity index (χ2v) is 2.26. The lowest BCUT2D eigenvalue weighted by atomic mass is 10.3. The second-order valence-electron chi connectivity index (χ2n) is 2.26. The zero-order valence-corrected chi connectivity index (χ0v) is 7.94. The van der Waals surface area contributed by atoms with Gasteiger partial charge in [0.05, 0.1) is 11.6 Å². The number of allylic oxidation sites excluding steroid dienone is 1. The van der Waals surface area contributed by atoms with E-state index in [0.717, 1.165) is 17.1 Å². The fourth-order valence-electron chi connectivity index (χ4n) is 0.964. The fourth-order valence-corrected chi connectivity index (χ4v) is 0.964. The second kappa shape index (κ2) is 5.19. The van der Waals surface area contributed by atoms with Crippen molar-refractivity contribution < 1.29 is 0 Å². The topological polar surface area (TPSA) is 38.1 Å². The van der Waals surface area contributed by atoms with E-state index in [1.807, 2.05) is 32.1 Å². The minimum absolute atomic E-state index is 0.873. The molecule has 68 valence electrons. The van der Waals surface area contributed by atoms with Crippen molar-refractivity contribution in [3.05, 3.63) is 35.2 Å². The summed E-state index contributed by atoms with van der Waals surface area (Å²) >= 11 is 0. The van der Waals surface area contributed by atoms with Crippen LogP contribution in [0.3, 0.4) is 0 Å². The minimum Gasteiger partial charge on any atom is -0.255 e. The van der Waals surface area contributed by atoms with Gasteiger partial charge >= 0.3 is 0 Å². The lowest BCUT2D eigenvalue weighted by Crippen LogP contribution is -2.28. The Morgan fingerprint density at radius 2 is 2.15 bits per heavy atom. The maximum absolute atomic E-state index is 4.17. The highest BCUT2D eigenvalue weighted by Gasteiger charge is 1.88. The van der Waals surface area contributed by atoms with Gasteiger partial charge in [0.15, 0.2) is 0 Å². The molecule has 0 fully saturated rings. The van der Waals surface area contributed by atoms with Crippen molar-refractivity contribution in [2.75, 3.05) is 0 Å². The van der Waals surface area contributed by atoms with E-state index in [-0.39, 0.29) is 0 Å². The van der Waals surface area contributed by atoms with Gasteiger partial charge in [0.2, 0.25) is 0 Å². The van der Waals surface area contributed by atoms with Crippen molar-refractivity contribution in [1.82, 2.24) is 10.2 Å². The SMILES string of the molecule is C1=CN=c2ccnnc2=CC1.CC. The lowest BCUT2D eigenvalue weighted by Gasteiger charge is -1.82. The first-order valence-electron chi connectivity index (χ1n) is 4.47. The number of fused-ring (bicyclic) bond motifs is 1. The Bertz CT molecular complexity index is 393. The van der Waals surface area contributed by atoms with Crippen LogP contribution in [0, 0.1) is 0 Å². The molecule has 3 nitrogen and oxygen atoms in total. The zero-order valence-electron chi connectivity index (χ0n) is 7.94. The van der Waals surface area contributed by atoms with Crippen molar-refractivity contribution in [2.45, 2.75) is 20.3 Å². The molecule has 1 aromatic rings. The van der Waals surface area contributed by atoms with Gasteiger partial charge in [-0.25, -0.2) is 0 Å². The van der Waals surface area contributed by atoms with Crippen LogP contribution in [0.25, 0.3) is 6.08 Å². The molecule has 0 saturated heterocycles. The molecule has 0 atom stereocenters. The third-order valence-corrected chi connectivity index (χ3v) is 1.49. The predicted octanol–water partition coefficient (Wildman–Crippen LogP) is 0.820. The van der Waals surface area contributed by atoms with Crippen LogP contribution >= 0.6 is 0 Å². The smallest absolute Gasteiger partial charge is 0.108 e. The highest BCUT2D eigenvalue weighted by Crippen LogP contribution is 1.85. The van der Waals surface area contributed by atoms with E-state index in [0.29, 0.717) is 0 Å². The number of aromatic nitrogens is 2. The Morgan fingerprint density at radius 3 is 3.00 bits per heavy atom. The molecule has 2 rings (SSSR count). The average molecular weight is 175 g/mol. The molecule has 0 aromatic carbocycles. The van der Waals surface area contributed by atoms with Gasteiger partial charge in [-0.3, -0.25) is 4.99 Å². The van der Waals surface area contributed by atoms with Gasteiger partial charge < -0.3 is 0 Å². The molecule has 0 saturated carbocycles. The zero-order chi connectivity index (χ0) is 9.52. The Hall–Kier alpha value is -1.51. The largest absolute Gasteiger partial charge is 0.255 e. The molecule has 0 radical (unpaired) electrons. The summed E-state index contributed by atoms with van der Waals surface area (Å²) < 4.78 is 0. The first-order valence-corrected chi connectivity index (χ1v) is 4.47. The summed E-state index contributed by atoms with van der Waals surface area (Å²) in [5.41, 5.74) is 0. The highest BCUT2D eigenvalue weighted by molar-refractivity contribution is 5.22. The van der Waals surface area contributed by atoms with Crippen LogP contribution in [0.1, 0.15) is 20.3 Å². The van der Waals surface area contributed by atoms with Crippen LogP contribution in [-0.2, 0) is 0 Å². The molecule has 1 aliphatic rings. The van der Waals surface area contributed by atoms with Crippen molar-refractivity contribution >= 4 is 6.08 Å². The quantitative estimate of drug-likeness (QED) is 0.585. The molecule has 0 aliphatic carbocycles. The molecule has 13 heavy (non-hydrogen) atoms. The summed E-state index contributed by atoms with van der Waals surface area (Å²) in [7, 11) is 0. The third kappa shape index (κ3) is 2.47. The van der Waals surface area contributed by atoms with Crippen molar-refractivity contribution in [1.29, 1.82) is 0 Å². The van der Waals surface area contributed by atoms with Gasteiger partial charge in [-0.2, -0.15) is 5.10 Å². The van der Waals surface area contributed by atoms with E-state index < -0.39 is 0 Å². The van der Waals surface area contributed by atoms with E-state index in [1.54, 1.807) is 12.4 Å². The Labute approximate surface area is 77.5 Å². The molecule has 0 spiro atoms. The van der Waals surface area contributed by atoms with E-state index in [4.69, 9.17) is 0 Å². The van der Waals surface area contributed by atoms with Crippen LogP contribution in [0.15, 0.2) is 29.5 Å². The summed E-state index contributed by atoms with van der Waals surface area (Å²) in [4.78, 5) is 4.17. The minimum atomic E-state index is 0.873. The molecule has 0 N–H and O–H groups in total. The molecule has 1 aromatic heterocycles. The van der Waals surface area contributed by atoms with Gasteiger partial charge in [0.25, 0.3) is 0 Å². The molecular weight excluding hydrogens is 162 g/mol. The standard InChI is InChI=1S/C8H7N3.C2H6/c1-2-5-9-7-4-6-10-11-8(7)3-1;1-2/h2-6H,1H2;1-2H3. The Balaban J connectivity index is 0.000000396. The van der Waals surface area contributed by atoms with E-state index in [9.17, 15) is 0 Å². The van der Waals surface area contributed by atoms with Crippen LogP contribution in [0.5, 0.6) is 0 Å². The Morgan fingerprint density at radius 1 is 1.31 bits per heavy atom. The van der Waals surface area contributed by atoms with Gasteiger partial charge in [-0.05, 0) is 12.5 Å². The van der Waals surface area contributed by atoms with Crippen molar-refractivity contribution in [2.24, 2.45) is 4.99 Å². The van der Waals surface area contributed by atoms with Crippen LogP contribution in [0.2, 0.25) is 0 Å². The summed E-state index contributed by atoms with van der Waals surface area (Å²) in [5, 5.41) is 9.48. The number of nitrogens with zero attached hydrogens (tertiary/aromatic N) is 3. The van der Waals surface area contributed by atoms with Crippen LogP contribution in [-0.4, -0.2) is 10.2 Å². The Kier molecular flexibility index (Phi) is 3.82. The maximum atomic E-state index is 4.17. The number of hydrogen-bond donors (Lipinski definition) is 0. The van der Waals surface area contributed by atoms with Crippen molar-refractivity contribution in [3.8, 4) is 0 Å². The normalized spacial score (nSPS) is 12.5. The fraction of sp³-hybridized carbons (Fsp3) is 0.300. The first kappa shape index (κ1) is 9.58. The lowest BCUT2D eigenvalue weighted by molar-refractivity contribution is 0.965. The van der Waals surface area contributed by atoms with E-state index in [1.165, 1.54) is 0 Å². The molecule has 0 bridgehead atoms. The van der Waals surface area contributed by atoms with Crippen LogP contribution in [0.4, 0.5) is 0 Å². The van der Waals surface area contributed by atoms with E-state index >= 15 is 0 Å². The third-order valence-electron chi connectivity index (χ3n) is 1.49. The van der Waals surface area contributed by atoms with E-state index in [2.05, 4.69) is 15.2 Å². The monoisotopic (exact) mass is 175 g/mol. The summed E-state index contributed by atoms with van der Waals surface area (Å²) in [6.45, 7) is 4.00. The van der Waals surface area contributed by atoms with Gasteiger partial charge in [-0.15, -0.1) is 5.10 Å². The van der Waals surface area contributed by atoms with Gasteiger partial charge in [-0.1, -0.05) is 26.0 Å². The molecule has 3 heteroatoms.